The van der Waals surface area contributed by atoms with Crippen molar-refractivity contribution >= 4 is 11.8 Å². The van der Waals surface area contributed by atoms with Crippen LogP contribution in [0, 0.1) is 18.6 Å². The molecule has 1 heterocycles. The van der Waals surface area contributed by atoms with Crippen molar-refractivity contribution in [1.82, 2.24) is 15.5 Å². The van der Waals surface area contributed by atoms with Gasteiger partial charge in [0.15, 0.2) is 0 Å². The first kappa shape index (κ1) is 32.3. The zero-order valence-electron chi connectivity index (χ0n) is 25.5. The van der Waals surface area contributed by atoms with Crippen molar-refractivity contribution in [2.45, 2.75) is 90.6 Å². The molecular formula is C35H43F2N3O3. The Balaban J connectivity index is 1.52. The number of aliphatic hydroxyl groups is 1. The number of halogens is 2. The maximum Gasteiger partial charge on any atom is 0.254 e. The highest BCUT2D eigenvalue weighted by Gasteiger charge is 2.30. The molecule has 0 bridgehead atoms. The zero-order chi connectivity index (χ0) is 31.1. The van der Waals surface area contributed by atoms with E-state index < -0.39 is 29.7 Å². The minimum Gasteiger partial charge on any atom is -0.390 e. The number of nitrogens with one attached hydrogen (secondary N) is 2. The molecule has 1 aliphatic rings. The van der Waals surface area contributed by atoms with Crippen molar-refractivity contribution < 1.29 is 23.5 Å². The van der Waals surface area contributed by atoms with Crippen LogP contribution in [0.15, 0.2) is 60.7 Å². The monoisotopic (exact) mass is 591 g/mol. The van der Waals surface area contributed by atoms with Gasteiger partial charge in [0.2, 0.25) is 0 Å². The molecule has 0 radical (unpaired) electrons. The van der Waals surface area contributed by atoms with E-state index in [2.05, 4.69) is 29.7 Å². The largest absolute Gasteiger partial charge is 0.390 e. The van der Waals surface area contributed by atoms with Gasteiger partial charge in [-0.3, -0.25) is 9.59 Å². The van der Waals surface area contributed by atoms with Gasteiger partial charge in [-0.1, -0.05) is 31.2 Å². The smallest absolute Gasteiger partial charge is 0.254 e. The molecule has 3 aromatic rings. The lowest BCUT2D eigenvalue weighted by molar-refractivity contribution is 0.0510. The zero-order valence-corrected chi connectivity index (χ0v) is 25.5. The molecule has 0 aliphatic carbocycles. The van der Waals surface area contributed by atoms with Gasteiger partial charge in [0.05, 0.1) is 12.1 Å². The molecule has 0 spiro atoms. The predicted octanol–water partition coefficient (Wildman–Crippen LogP) is 5.73. The second-order valence-corrected chi connectivity index (χ2v) is 11.9. The Labute approximate surface area is 253 Å². The highest BCUT2D eigenvalue weighted by molar-refractivity contribution is 6.00. The first-order valence-corrected chi connectivity index (χ1v) is 15.2. The van der Waals surface area contributed by atoms with Gasteiger partial charge >= 0.3 is 0 Å². The third-order valence-corrected chi connectivity index (χ3v) is 8.26. The standard InChI is InChI=1S/C35H43F2N3O3/c1-5-25-10-7-11-26(14-25)20-38-21-33(41)32(17-27-15-30(36)19-31(37)16-27)39-34(42)28-12-22(2)13-29(18-28)35(43)40-23(3)8-6-9-24(40)4/h7,10-16,18-19,23-24,32-33,38,41H,5-6,8-9,17,20-21H2,1-4H3,(H,39,42)/t23?,24?,32-,33-/m0/s1. The third-order valence-electron chi connectivity index (χ3n) is 8.26. The molecule has 1 fully saturated rings. The minimum atomic E-state index is -1.06. The Bertz CT molecular complexity index is 1400. The molecule has 2 unspecified atom stereocenters. The van der Waals surface area contributed by atoms with Crippen molar-refractivity contribution in [3.8, 4) is 0 Å². The Morgan fingerprint density at radius 1 is 0.930 bits per heavy atom. The Morgan fingerprint density at radius 3 is 2.26 bits per heavy atom. The second kappa shape index (κ2) is 14.7. The van der Waals surface area contributed by atoms with Gasteiger partial charge in [-0.25, -0.2) is 8.78 Å². The van der Waals surface area contributed by atoms with Gasteiger partial charge in [-0.05, 0) is 105 Å². The molecule has 43 heavy (non-hydrogen) atoms. The Hall–Kier alpha value is -3.62. The van der Waals surface area contributed by atoms with Crippen molar-refractivity contribution in [3.05, 3.63) is 106 Å². The summed E-state index contributed by atoms with van der Waals surface area (Å²) in [5.74, 6) is -2.05. The fourth-order valence-corrected chi connectivity index (χ4v) is 5.99. The number of aryl methyl sites for hydroxylation is 2. The van der Waals surface area contributed by atoms with Crippen LogP contribution in [0.5, 0.6) is 0 Å². The lowest BCUT2D eigenvalue weighted by Gasteiger charge is -2.39. The normalized spacial score (nSPS) is 18.3. The highest BCUT2D eigenvalue weighted by atomic mass is 19.1. The molecule has 8 heteroatoms. The van der Waals surface area contributed by atoms with Crippen molar-refractivity contribution in [3.63, 3.8) is 0 Å². The first-order chi connectivity index (χ1) is 20.5. The van der Waals surface area contributed by atoms with Gasteiger partial charge < -0.3 is 20.6 Å². The van der Waals surface area contributed by atoms with Crippen molar-refractivity contribution in [1.29, 1.82) is 0 Å². The van der Waals surface area contributed by atoms with E-state index in [1.54, 1.807) is 18.2 Å². The van der Waals surface area contributed by atoms with E-state index in [9.17, 15) is 23.5 Å². The molecular weight excluding hydrogens is 548 g/mol. The maximum absolute atomic E-state index is 14.0. The fraction of sp³-hybridized carbons (Fsp3) is 0.429. The van der Waals surface area contributed by atoms with Gasteiger partial charge in [0.25, 0.3) is 11.8 Å². The summed E-state index contributed by atoms with van der Waals surface area (Å²) in [6.45, 7) is 8.66. The van der Waals surface area contributed by atoms with Crippen LogP contribution in [0.25, 0.3) is 0 Å². The van der Waals surface area contributed by atoms with Crippen molar-refractivity contribution in [2.24, 2.45) is 0 Å². The van der Waals surface area contributed by atoms with Crippen LogP contribution in [0.3, 0.4) is 0 Å². The summed E-state index contributed by atoms with van der Waals surface area (Å²) in [6.07, 6.45) is 2.81. The van der Waals surface area contributed by atoms with E-state index >= 15 is 0 Å². The lowest BCUT2D eigenvalue weighted by Crippen LogP contribution is -2.49. The van der Waals surface area contributed by atoms with Crippen LogP contribution in [-0.2, 0) is 19.4 Å². The van der Waals surface area contributed by atoms with E-state index in [4.69, 9.17) is 0 Å². The maximum atomic E-state index is 14.0. The molecule has 230 valence electrons. The quantitative estimate of drug-likeness (QED) is 0.266. The number of hydrogen-bond donors (Lipinski definition) is 3. The molecule has 0 aromatic heterocycles. The average Bonchev–Trinajstić information content (AvgIpc) is 2.95. The minimum absolute atomic E-state index is 0.00893. The van der Waals surface area contributed by atoms with Crippen LogP contribution in [-0.4, -0.2) is 52.6 Å². The van der Waals surface area contributed by atoms with Gasteiger partial charge in [-0.2, -0.15) is 0 Å². The van der Waals surface area contributed by atoms with Crippen LogP contribution >= 0.6 is 0 Å². The molecule has 1 saturated heterocycles. The lowest BCUT2D eigenvalue weighted by atomic mass is 9.95. The number of likely N-dealkylation sites (tertiary alicyclic amines) is 1. The predicted molar refractivity (Wildman–Crippen MR) is 165 cm³/mol. The summed E-state index contributed by atoms with van der Waals surface area (Å²) in [5, 5.41) is 17.3. The van der Waals surface area contributed by atoms with Crippen LogP contribution in [0.1, 0.15) is 83.0 Å². The van der Waals surface area contributed by atoms with Gasteiger partial charge in [-0.15, -0.1) is 0 Å². The molecule has 3 aromatic carbocycles. The molecule has 4 atom stereocenters. The van der Waals surface area contributed by atoms with Gasteiger partial charge in [0.1, 0.15) is 11.6 Å². The fourth-order valence-electron chi connectivity index (χ4n) is 5.99. The molecule has 4 rings (SSSR count). The van der Waals surface area contributed by atoms with E-state index in [0.29, 0.717) is 17.7 Å². The van der Waals surface area contributed by atoms with E-state index in [1.165, 1.54) is 17.7 Å². The highest BCUT2D eigenvalue weighted by Crippen LogP contribution is 2.25. The number of hydrogen-bond acceptors (Lipinski definition) is 4. The van der Waals surface area contributed by atoms with E-state index in [1.807, 2.05) is 37.8 Å². The number of nitrogens with zero attached hydrogens (tertiary/aromatic N) is 1. The Kier molecular flexibility index (Phi) is 11.0. The van der Waals surface area contributed by atoms with Crippen molar-refractivity contribution in [2.75, 3.05) is 6.54 Å². The Morgan fingerprint density at radius 2 is 1.58 bits per heavy atom. The number of piperidine rings is 1. The third kappa shape index (κ3) is 8.71. The average molecular weight is 592 g/mol. The molecule has 6 nitrogen and oxygen atoms in total. The summed E-state index contributed by atoms with van der Waals surface area (Å²) in [7, 11) is 0. The molecule has 1 aliphatic heterocycles. The summed E-state index contributed by atoms with van der Waals surface area (Å²) < 4.78 is 28.0. The van der Waals surface area contributed by atoms with Crippen LogP contribution in [0.4, 0.5) is 8.78 Å². The van der Waals surface area contributed by atoms with E-state index in [0.717, 1.165) is 42.9 Å². The summed E-state index contributed by atoms with van der Waals surface area (Å²) in [5.41, 5.74) is 4.06. The first-order valence-electron chi connectivity index (χ1n) is 15.2. The van der Waals surface area contributed by atoms with Gasteiger partial charge in [0, 0.05) is 42.4 Å². The number of amides is 2. The number of carbonyl (C=O) groups excluding carboxylic acids is 2. The van der Waals surface area contributed by atoms with Crippen LogP contribution < -0.4 is 10.6 Å². The van der Waals surface area contributed by atoms with E-state index in [-0.39, 0.29) is 36.5 Å². The topological polar surface area (TPSA) is 81.7 Å². The summed E-state index contributed by atoms with van der Waals surface area (Å²) in [4.78, 5) is 29.0. The summed E-state index contributed by atoms with van der Waals surface area (Å²) >= 11 is 0. The number of rotatable bonds is 11. The second-order valence-electron chi connectivity index (χ2n) is 11.9. The molecule has 3 N–H and O–H groups in total. The number of benzene rings is 3. The molecule has 0 saturated carbocycles. The SMILES string of the molecule is CCc1cccc(CNC[C@H](O)[C@H](Cc2cc(F)cc(F)c2)NC(=O)c2cc(C)cc(C(=O)N3C(C)CCCC3C)c2)c1. The molecule has 2 amide bonds. The summed E-state index contributed by atoms with van der Waals surface area (Å²) in [6, 6.07) is 15.7. The van der Waals surface area contributed by atoms with Crippen LogP contribution in [0.2, 0.25) is 0 Å². The number of carbonyl (C=O) groups is 2. The number of aliphatic hydroxyl groups excluding tert-OH is 1.